The molecule has 120 valence electrons. The molecular weight excluding hydrogens is 303 g/mol. The molecule has 1 aromatic heterocycles. The van der Waals surface area contributed by atoms with Crippen molar-refractivity contribution in [1.29, 1.82) is 0 Å². The number of nitrogens with zero attached hydrogens (tertiary/aromatic N) is 1. The molecule has 1 heterocycles. The van der Waals surface area contributed by atoms with E-state index in [1.54, 1.807) is 31.5 Å². The van der Waals surface area contributed by atoms with Crippen LogP contribution < -0.4 is 10.8 Å². The second-order valence-corrected chi connectivity index (χ2v) is 5.67. The standard InChI is InChI=1S/C18H17BN2O3/c1-12-13(3-2-4-17(12)19(23)24)10-18(22)21-16-6-5-15-11-20-8-7-14(15)9-16/h2-9,11,23-24H,10H2,1H3,(H,21,22). The summed E-state index contributed by atoms with van der Waals surface area (Å²) in [5, 5.41) is 23.6. The van der Waals surface area contributed by atoms with Crippen molar-refractivity contribution in [2.75, 3.05) is 5.32 Å². The first kappa shape index (κ1) is 16.2. The van der Waals surface area contributed by atoms with E-state index in [0.717, 1.165) is 22.0 Å². The molecular formula is C18H17BN2O3. The Balaban J connectivity index is 1.76. The van der Waals surface area contributed by atoms with Crippen LogP contribution in [0.3, 0.4) is 0 Å². The van der Waals surface area contributed by atoms with E-state index in [2.05, 4.69) is 10.3 Å². The van der Waals surface area contributed by atoms with Crippen molar-refractivity contribution >= 4 is 34.9 Å². The van der Waals surface area contributed by atoms with E-state index in [9.17, 15) is 14.8 Å². The number of hydrogen-bond donors (Lipinski definition) is 3. The maximum Gasteiger partial charge on any atom is 0.488 e. The Morgan fingerprint density at radius 2 is 2.00 bits per heavy atom. The predicted octanol–water partition coefficient (Wildman–Crippen LogP) is 1.40. The van der Waals surface area contributed by atoms with Gasteiger partial charge in [-0.05, 0) is 47.1 Å². The first-order valence-corrected chi connectivity index (χ1v) is 7.63. The highest BCUT2D eigenvalue weighted by atomic mass is 16.4. The second kappa shape index (κ2) is 6.82. The van der Waals surface area contributed by atoms with Crippen LogP contribution in [0.2, 0.25) is 0 Å². The normalized spacial score (nSPS) is 10.6. The number of carbonyl (C=O) groups excluding carboxylic acids is 1. The topological polar surface area (TPSA) is 82.5 Å². The van der Waals surface area contributed by atoms with Crippen molar-refractivity contribution in [3.63, 3.8) is 0 Å². The summed E-state index contributed by atoms with van der Waals surface area (Å²) in [4.78, 5) is 16.4. The molecule has 3 rings (SSSR count). The Bertz CT molecular complexity index is 896. The van der Waals surface area contributed by atoms with E-state index in [-0.39, 0.29) is 12.3 Å². The summed E-state index contributed by atoms with van der Waals surface area (Å²) in [5.74, 6) is -0.156. The molecule has 0 bridgehead atoms. The van der Waals surface area contributed by atoms with Crippen LogP contribution in [0.15, 0.2) is 54.9 Å². The molecule has 0 atom stereocenters. The van der Waals surface area contributed by atoms with Gasteiger partial charge in [0.25, 0.3) is 0 Å². The zero-order valence-electron chi connectivity index (χ0n) is 13.2. The van der Waals surface area contributed by atoms with E-state index in [4.69, 9.17) is 0 Å². The highest BCUT2D eigenvalue weighted by molar-refractivity contribution is 6.59. The van der Waals surface area contributed by atoms with E-state index in [1.807, 2.05) is 30.3 Å². The van der Waals surface area contributed by atoms with Crippen molar-refractivity contribution in [2.24, 2.45) is 0 Å². The zero-order valence-corrected chi connectivity index (χ0v) is 13.2. The molecule has 0 saturated heterocycles. The van der Waals surface area contributed by atoms with Gasteiger partial charge in [-0.15, -0.1) is 0 Å². The number of aromatic nitrogens is 1. The van der Waals surface area contributed by atoms with Crippen molar-refractivity contribution < 1.29 is 14.8 Å². The molecule has 0 aliphatic carbocycles. The minimum Gasteiger partial charge on any atom is -0.423 e. The molecule has 3 aromatic rings. The number of rotatable bonds is 4. The highest BCUT2D eigenvalue weighted by Crippen LogP contribution is 2.18. The van der Waals surface area contributed by atoms with Crippen LogP contribution in [0, 0.1) is 6.92 Å². The van der Waals surface area contributed by atoms with Crippen LogP contribution in [0.1, 0.15) is 11.1 Å². The van der Waals surface area contributed by atoms with Gasteiger partial charge in [0, 0.05) is 23.5 Å². The summed E-state index contributed by atoms with van der Waals surface area (Å²) < 4.78 is 0. The van der Waals surface area contributed by atoms with Crippen LogP contribution in [0.25, 0.3) is 10.8 Å². The first-order chi connectivity index (χ1) is 11.5. The molecule has 0 radical (unpaired) electrons. The minimum atomic E-state index is -1.54. The average molecular weight is 320 g/mol. The molecule has 5 nitrogen and oxygen atoms in total. The number of hydrogen-bond acceptors (Lipinski definition) is 4. The summed E-state index contributed by atoms with van der Waals surface area (Å²) in [7, 11) is -1.54. The maximum atomic E-state index is 12.3. The Morgan fingerprint density at radius 1 is 1.17 bits per heavy atom. The lowest BCUT2D eigenvalue weighted by atomic mass is 9.76. The summed E-state index contributed by atoms with van der Waals surface area (Å²) in [5.41, 5.74) is 2.61. The van der Waals surface area contributed by atoms with Crippen molar-refractivity contribution in [1.82, 2.24) is 4.98 Å². The number of benzene rings is 2. The third kappa shape index (κ3) is 3.45. The SMILES string of the molecule is Cc1c(CC(=O)Nc2ccc3cnccc3c2)cccc1B(O)O. The van der Waals surface area contributed by atoms with E-state index >= 15 is 0 Å². The van der Waals surface area contributed by atoms with Gasteiger partial charge < -0.3 is 15.4 Å². The van der Waals surface area contributed by atoms with Crippen LogP contribution in [0.5, 0.6) is 0 Å². The van der Waals surface area contributed by atoms with Crippen LogP contribution in [-0.2, 0) is 11.2 Å². The monoisotopic (exact) mass is 320 g/mol. The quantitative estimate of drug-likeness (QED) is 0.635. The first-order valence-electron chi connectivity index (χ1n) is 7.63. The van der Waals surface area contributed by atoms with Crippen molar-refractivity contribution in [3.8, 4) is 0 Å². The lowest BCUT2D eigenvalue weighted by Gasteiger charge is -2.11. The third-order valence-corrected chi connectivity index (χ3v) is 4.04. The van der Waals surface area contributed by atoms with E-state index in [1.165, 1.54) is 0 Å². The molecule has 1 amide bonds. The van der Waals surface area contributed by atoms with Crippen molar-refractivity contribution in [2.45, 2.75) is 13.3 Å². The Kier molecular flexibility index (Phi) is 4.60. The molecule has 0 unspecified atom stereocenters. The molecule has 6 heteroatoms. The third-order valence-electron chi connectivity index (χ3n) is 4.04. The molecule has 3 N–H and O–H groups in total. The lowest BCUT2D eigenvalue weighted by Crippen LogP contribution is -2.33. The van der Waals surface area contributed by atoms with Gasteiger partial charge >= 0.3 is 7.12 Å². The second-order valence-electron chi connectivity index (χ2n) is 5.67. The Hall–Kier alpha value is -2.70. The zero-order chi connectivity index (χ0) is 17.1. The number of anilines is 1. The van der Waals surface area contributed by atoms with Gasteiger partial charge in [0.2, 0.25) is 5.91 Å². The highest BCUT2D eigenvalue weighted by Gasteiger charge is 2.16. The lowest BCUT2D eigenvalue weighted by molar-refractivity contribution is -0.115. The summed E-state index contributed by atoms with van der Waals surface area (Å²) in [6.07, 6.45) is 3.65. The predicted molar refractivity (Wildman–Crippen MR) is 95.1 cm³/mol. The fourth-order valence-corrected chi connectivity index (χ4v) is 2.71. The largest absolute Gasteiger partial charge is 0.488 e. The summed E-state index contributed by atoms with van der Waals surface area (Å²) >= 11 is 0. The summed E-state index contributed by atoms with van der Waals surface area (Å²) in [6.45, 7) is 1.78. The van der Waals surface area contributed by atoms with E-state index in [0.29, 0.717) is 11.0 Å². The Labute approximate surface area is 140 Å². The number of nitrogens with one attached hydrogen (secondary N) is 1. The minimum absolute atomic E-state index is 0.156. The van der Waals surface area contributed by atoms with Gasteiger partial charge in [-0.25, -0.2) is 0 Å². The summed E-state index contributed by atoms with van der Waals surface area (Å²) in [6, 6.07) is 12.7. The van der Waals surface area contributed by atoms with Crippen LogP contribution in [0.4, 0.5) is 5.69 Å². The molecule has 24 heavy (non-hydrogen) atoms. The fourth-order valence-electron chi connectivity index (χ4n) is 2.71. The van der Waals surface area contributed by atoms with Gasteiger partial charge in [-0.3, -0.25) is 9.78 Å². The van der Waals surface area contributed by atoms with Crippen molar-refractivity contribution in [3.05, 3.63) is 66.0 Å². The van der Waals surface area contributed by atoms with Crippen LogP contribution in [-0.4, -0.2) is 28.1 Å². The van der Waals surface area contributed by atoms with Gasteiger partial charge in [0.1, 0.15) is 0 Å². The van der Waals surface area contributed by atoms with Gasteiger partial charge in [0.05, 0.1) is 6.42 Å². The Morgan fingerprint density at radius 3 is 2.79 bits per heavy atom. The molecule has 0 fully saturated rings. The number of amides is 1. The molecule has 0 spiro atoms. The van der Waals surface area contributed by atoms with Crippen LogP contribution >= 0.6 is 0 Å². The number of pyridine rings is 1. The molecule has 0 saturated carbocycles. The maximum absolute atomic E-state index is 12.3. The van der Waals surface area contributed by atoms with Gasteiger partial charge in [0.15, 0.2) is 0 Å². The van der Waals surface area contributed by atoms with Gasteiger partial charge in [-0.2, -0.15) is 0 Å². The molecule has 0 aliphatic heterocycles. The molecule has 0 aliphatic rings. The van der Waals surface area contributed by atoms with E-state index < -0.39 is 7.12 Å². The van der Waals surface area contributed by atoms with Gasteiger partial charge in [-0.1, -0.05) is 24.3 Å². The molecule has 2 aromatic carbocycles. The number of carbonyl (C=O) groups is 1. The number of fused-ring (bicyclic) bond motifs is 1. The smallest absolute Gasteiger partial charge is 0.423 e. The average Bonchev–Trinajstić information content (AvgIpc) is 2.56. The fraction of sp³-hybridized carbons (Fsp3) is 0.111.